The van der Waals surface area contributed by atoms with Gasteiger partial charge in [-0.05, 0) is 35.1 Å². The molecule has 0 spiro atoms. The molecular weight excluding hydrogens is 420 g/mol. The number of nitrogens with one attached hydrogen (secondary N) is 2. The van der Waals surface area contributed by atoms with E-state index >= 15 is 0 Å². The lowest BCUT2D eigenvalue weighted by molar-refractivity contribution is -0.142. The summed E-state index contributed by atoms with van der Waals surface area (Å²) in [5.74, 6) is 0.225. The van der Waals surface area contributed by atoms with Gasteiger partial charge in [0.15, 0.2) is 0 Å². The number of carbonyl (C=O) groups excluding carboxylic acids is 2. The van der Waals surface area contributed by atoms with Crippen molar-refractivity contribution in [3.63, 3.8) is 0 Å². The van der Waals surface area contributed by atoms with Gasteiger partial charge in [0.05, 0.1) is 5.92 Å². The van der Waals surface area contributed by atoms with Crippen LogP contribution in [0.2, 0.25) is 0 Å². The van der Waals surface area contributed by atoms with Crippen LogP contribution in [0.15, 0.2) is 48.5 Å². The predicted octanol–water partition coefficient (Wildman–Crippen LogP) is 3.29. The third-order valence-corrected chi connectivity index (χ3v) is 6.44. The maximum Gasteiger partial charge on any atom is 0.407 e. The van der Waals surface area contributed by atoms with Crippen molar-refractivity contribution in [3.8, 4) is 23.5 Å². The molecule has 2 aromatic carbocycles. The van der Waals surface area contributed by atoms with Crippen molar-refractivity contribution in [2.45, 2.75) is 43.7 Å². The molecule has 2 amide bonds. The van der Waals surface area contributed by atoms with Crippen LogP contribution < -0.4 is 10.6 Å². The quantitative estimate of drug-likeness (QED) is 0.566. The summed E-state index contributed by atoms with van der Waals surface area (Å²) in [6.45, 7) is 0.119. The van der Waals surface area contributed by atoms with E-state index in [-0.39, 0.29) is 18.9 Å². The van der Waals surface area contributed by atoms with E-state index in [1.54, 1.807) is 0 Å². The number of hydrogen-bond donors (Lipinski definition) is 3. The van der Waals surface area contributed by atoms with Crippen LogP contribution >= 0.6 is 0 Å². The Morgan fingerprint density at radius 1 is 1.06 bits per heavy atom. The third kappa shape index (κ3) is 4.70. The molecule has 2 aliphatic rings. The molecule has 170 valence electrons. The number of benzene rings is 2. The molecule has 1 saturated carbocycles. The highest BCUT2D eigenvalue weighted by Gasteiger charge is 2.35. The number of terminal acetylenes is 1. The fourth-order valence-electron chi connectivity index (χ4n) is 4.82. The normalized spacial score (nSPS) is 19.6. The van der Waals surface area contributed by atoms with Crippen LogP contribution in [-0.4, -0.2) is 41.8 Å². The standard InChI is InChI=1S/C26H26N2O5/c1-2-8-23(24(29)27-22-14-7-13-20(22)25(30)31)28-26(32)33-15-21-18-11-5-3-9-16(18)17-10-4-6-12-19(17)21/h1,3-6,9-12,20-23H,7-8,13-15H2,(H,27,29)(H,28,32)(H,30,31). The lowest BCUT2D eigenvalue weighted by Gasteiger charge is -2.22. The largest absolute Gasteiger partial charge is 0.481 e. The Morgan fingerprint density at radius 2 is 1.70 bits per heavy atom. The van der Waals surface area contributed by atoms with Crippen molar-refractivity contribution in [2.24, 2.45) is 5.92 Å². The maximum atomic E-state index is 12.7. The Bertz CT molecular complexity index is 1060. The Kier molecular flexibility index (Phi) is 6.64. The molecule has 2 aromatic rings. The number of hydrogen-bond acceptors (Lipinski definition) is 4. The Hall–Kier alpha value is -3.79. The number of amides is 2. The van der Waals surface area contributed by atoms with Crippen LogP contribution in [0.5, 0.6) is 0 Å². The summed E-state index contributed by atoms with van der Waals surface area (Å²) in [6, 6.07) is 14.6. The molecule has 7 heteroatoms. The minimum absolute atomic E-state index is 0.0273. The molecular formula is C26H26N2O5. The van der Waals surface area contributed by atoms with Crippen LogP contribution in [-0.2, 0) is 14.3 Å². The summed E-state index contributed by atoms with van der Waals surface area (Å²) in [5.41, 5.74) is 4.42. The Morgan fingerprint density at radius 3 is 2.30 bits per heavy atom. The van der Waals surface area contributed by atoms with Crippen molar-refractivity contribution in [3.05, 3.63) is 59.7 Å². The van der Waals surface area contributed by atoms with E-state index in [1.807, 2.05) is 36.4 Å². The highest BCUT2D eigenvalue weighted by molar-refractivity contribution is 5.87. The average Bonchev–Trinajstić information content (AvgIpc) is 3.40. The molecule has 1 fully saturated rings. The third-order valence-electron chi connectivity index (χ3n) is 6.44. The second-order valence-corrected chi connectivity index (χ2v) is 8.42. The summed E-state index contributed by atoms with van der Waals surface area (Å²) < 4.78 is 5.50. The lowest BCUT2D eigenvalue weighted by atomic mass is 9.98. The van der Waals surface area contributed by atoms with Crippen molar-refractivity contribution in [1.82, 2.24) is 10.6 Å². The highest BCUT2D eigenvalue weighted by atomic mass is 16.5. The topological polar surface area (TPSA) is 105 Å². The van der Waals surface area contributed by atoms with Crippen LogP contribution in [0, 0.1) is 18.3 Å². The van der Waals surface area contributed by atoms with E-state index in [9.17, 15) is 19.5 Å². The SMILES string of the molecule is C#CCC(NC(=O)OCC1c2ccccc2-c2ccccc21)C(=O)NC1CCCC1C(=O)O. The second-order valence-electron chi connectivity index (χ2n) is 8.42. The summed E-state index contributed by atoms with van der Waals surface area (Å²) in [6.07, 6.45) is 6.44. The van der Waals surface area contributed by atoms with Gasteiger partial charge in [-0.3, -0.25) is 9.59 Å². The molecule has 3 atom stereocenters. The van der Waals surface area contributed by atoms with Crippen LogP contribution in [0.25, 0.3) is 11.1 Å². The molecule has 2 aliphatic carbocycles. The second kappa shape index (κ2) is 9.78. The van der Waals surface area contributed by atoms with Crippen molar-refractivity contribution < 1.29 is 24.2 Å². The van der Waals surface area contributed by atoms with Gasteiger partial charge in [-0.25, -0.2) is 4.79 Å². The van der Waals surface area contributed by atoms with E-state index in [0.29, 0.717) is 12.8 Å². The first-order valence-electron chi connectivity index (χ1n) is 11.1. The molecule has 0 aliphatic heterocycles. The zero-order valence-corrected chi connectivity index (χ0v) is 18.1. The first-order chi connectivity index (χ1) is 16.0. The van der Waals surface area contributed by atoms with Gasteiger partial charge in [0.25, 0.3) is 0 Å². The zero-order chi connectivity index (χ0) is 23.4. The highest BCUT2D eigenvalue weighted by Crippen LogP contribution is 2.44. The van der Waals surface area contributed by atoms with Crippen molar-refractivity contribution in [2.75, 3.05) is 6.61 Å². The molecule has 0 radical (unpaired) electrons. The zero-order valence-electron chi connectivity index (χ0n) is 18.1. The van der Waals surface area contributed by atoms with Gasteiger partial charge in [-0.2, -0.15) is 0 Å². The number of carboxylic acids is 1. The van der Waals surface area contributed by atoms with Gasteiger partial charge >= 0.3 is 12.1 Å². The summed E-state index contributed by atoms with van der Waals surface area (Å²) >= 11 is 0. The van der Waals surface area contributed by atoms with Gasteiger partial charge in [-0.1, -0.05) is 55.0 Å². The number of aliphatic carboxylic acids is 1. The Balaban J connectivity index is 1.38. The number of carbonyl (C=O) groups is 3. The molecule has 3 unspecified atom stereocenters. The molecule has 3 N–H and O–H groups in total. The number of ether oxygens (including phenoxy) is 1. The smallest absolute Gasteiger partial charge is 0.407 e. The number of rotatable bonds is 7. The van der Waals surface area contributed by atoms with Gasteiger partial charge < -0.3 is 20.5 Å². The molecule has 0 bridgehead atoms. The molecule has 0 aromatic heterocycles. The number of carboxylic acid groups (broad SMARTS) is 1. The van der Waals surface area contributed by atoms with Gasteiger partial charge in [0.2, 0.25) is 5.91 Å². The van der Waals surface area contributed by atoms with E-state index in [4.69, 9.17) is 11.2 Å². The fraction of sp³-hybridized carbons (Fsp3) is 0.346. The van der Waals surface area contributed by atoms with E-state index in [0.717, 1.165) is 28.7 Å². The predicted molar refractivity (Wildman–Crippen MR) is 122 cm³/mol. The number of alkyl carbamates (subject to hydrolysis) is 1. The van der Waals surface area contributed by atoms with Crippen LogP contribution in [0.4, 0.5) is 4.79 Å². The van der Waals surface area contributed by atoms with E-state index in [1.165, 1.54) is 0 Å². The lowest BCUT2D eigenvalue weighted by Crippen LogP contribution is -2.51. The average molecular weight is 447 g/mol. The maximum absolute atomic E-state index is 12.7. The molecule has 4 rings (SSSR count). The summed E-state index contributed by atoms with van der Waals surface area (Å²) in [4.78, 5) is 36.6. The first kappa shape index (κ1) is 22.4. The van der Waals surface area contributed by atoms with Crippen molar-refractivity contribution >= 4 is 18.0 Å². The molecule has 7 nitrogen and oxygen atoms in total. The fourth-order valence-corrected chi connectivity index (χ4v) is 4.82. The summed E-state index contributed by atoms with van der Waals surface area (Å²) in [5, 5.41) is 14.6. The monoisotopic (exact) mass is 446 g/mol. The van der Waals surface area contributed by atoms with E-state index in [2.05, 4.69) is 28.7 Å². The Labute approximate surface area is 192 Å². The summed E-state index contributed by atoms with van der Waals surface area (Å²) in [7, 11) is 0. The van der Waals surface area contributed by atoms with Gasteiger partial charge in [0, 0.05) is 18.4 Å². The first-order valence-corrected chi connectivity index (χ1v) is 11.1. The van der Waals surface area contributed by atoms with E-state index < -0.39 is 36.0 Å². The van der Waals surface area contributed by atoms with Crippen LogP contribution in [0.1, 0.15) is 42.7 Å². The van der Waals surface area contributed by atoms with Gasteiger partial charge in [0.1, 0.15) is 12.6 Å². The minimum atomic E-state index is -0.999. The van der Waals surface area contributed by atoms with Gasteiger partial charge in [-0.15, -0.1) is 12.3 Å². The number of fused-ring (bicyclic) bond motifs is 3. The van der Waals surface area contributed by atoms with Crippen LogP contribution in [0.3, 0.4) is 0 Å². The van der Waals surface area contributed by atoms with Crippen molar-refractivity contribution in [1.29, 1.82) is 0 Å². The molecule has 0 heterocycles. The minimum Gasteiger partial charge on any atom is -0.481 e. The molecule has 33 heavy (non-hydrogen) atoms. The molecule has 0 saturated heterocycles.